The number of aliphatic hydroxyl groups is 1. The van der Waals surface area contributed by atoms with Gasteiger partial charge in [-0.15, -0.1) is 11.3 Å². The molecule has 102 valence electrons. The van der Waals surface area contributed by atoms with Crippen molar-refractivity contribution in [2.45, 2.75) is 45.1 Å². The zero-order valence-electron chi connectivity index (χ0n) is 10.9. The molecule has 0 saturated carbocycles. The Morgan fingerprint density at radius 1 is 1.61 bits per heavy atom. The Balaban J connectivity index is 1.94. The largest absolute Gasteiger partial charge is 0.396 e. The van der Waals surface area contributed by atoms with E-state index in [0.717, 1.165) is 19.4 Å². The van der Waals surface area contributed by atoms with Gasteiger partial charge in [-0.2, -0.15) is 0 Å². The maximum atomic E-state index is 9.04. The summed E-state index contributed by atoms with van der Waals surface area (Å²) in [7, 11) is 0. The summed E-state index contributed by atoms with van der Waals surface area (Å²) in [5.41, 5.74) is 1.54. The van der Waals surface area contributed by atoms with E-state index in [-0.39, 0.29) is 0 Å². The van der Waals surface area contributed by atoms with Gasteiger partial charge in [0.2, 0.25) is 0 Å². The highest BCUT2D eigenvalue weighted by Gasteiger charge is 2.22. The van der Waals surface area contributed by atoms with Gasteiger partial charge in [0.15, 0.2) is 0 Å². The van der Waals surface area contributed by atoms with Gasteiger partial charge in [-0.3, -0.25) is 0 Å². The van der Waals surface area contributed by atoms with Crippen molar-refractivity contribution in [3.63, 3.8) is 0 Å². The molecule has 1 aliphatic carbocycles. The molecule has 0 fully saturated rings. The standard InChI is InChI=1S/C14H22INOS/c1-2-10(6-7-17)9-16-12-4-3-5-13-11(12)8-14(15)18-13/h8,10,12,16-17H,2-7,9H2,1H3. The zero-order chi connectivity index (χ0) is 13.0. The van der Waals surface area contributed by atoms with E-state index in [0.29, 0.717) is 18.6 Å². The Kier molecular flexibility index (Phi) is 5.92. The second kappa shape index (κ2) is 7.22. The van der Waals surface area contributed by atoms with Crippen LogP contribution in [0, 0.1) is 8.80 Å². The molecule has 0 amide bonds. The van der Waals surface area contributed by atoms with E-state index in [9.17, 15) is 0 Å². The zero-order valence-corrected chi connectivity index (χ0v) is 13.9. The van der Waals surface area contributed by atoms with Crippen LogP contribution in [0.1, 0.15) is 49.1 Å². The first-order chi connectivity index (χ1) is 8.74. The number of hydrogen-bond donors (Lipinski definition) is 2. The number of nitrogens with one attached hydrogen (secondary N) is 1. The summed E-state index contributed by atoms with van der Waals surface area (Å²) in [5, 5.41) is 12.8. The van der Waals surface area contributed by atoms with Crippen LogP contribution in [-0.4, -0.2) is 18.3 Å². The smallest absolute Gasteiger partial charge is 0.0659 e. The van der Waals surface area contributed by atoms with Crippen molar-refractivity contribution >= 4 is 33.9 Å². The molecule has 2 rings (SSSR count). The van der Waals surface area contributed by atoms with Gasteiger partial charge in [0.1, 0.15) is 0 Å². The van der Waals surface area contributed by atoms with Crippen LogP contribution in [0.2, 0.25) is 0 Å². The minimum Gasteiger partial charge on any atom is -0.396 e. The predicted octanol–water partition coefficient (Wildman–Crippen LogP) is 3.73. The topological polar surface area (TPSA) is 32.3 Å². The number of halogens is 1. The van der Waals surface area contributed by atoms with E-state index < -0.39 is 0 Å². The van der Waals surface area contributed by atoms with Crippen molar-refractivity contribution in [1.29, 1.82) is 0 Å². The molecule has 2 unspecified atom stereocenters. The highest BCUT2D eigenvalue weighted by molar-refractivity contribution is 14.1. The molecule has 1 heterocycles. The third-order valence-corrected chi connectivity index (χ3v) is 5.82. The summed E-state index contributed by atoms with van der Waals surface area (Å²) in [6.45, 7) is 3.56. The lowest BCUT2D eigenvalue weighted by atomic mass is 9.93. The average molecular weight is 379 g/mol. The fourth-order valence-corrected chi connectivity index (χ4v) is 4.80. The maximum absolute atomic E-state index is 9.04. The van der Waals surface area contributed by atoms with Crippen molar-refractivity contribution in [3.8, 4) is 0 Å². The lowest BCUT2D eigenvalue weighted by Gasteiger charge is -2.26. The Morgan fingerprint density at radius 2 is 2.44 bits per heavy atom. The van der Waals surface area contributed by atoms with Crippen LogP contribution in [0.25, 0.3) is 0 Å². The monoisotopic (exact) mass is 379 g/mol. The minimum absolute atomic E-state index is 0.312. The summed E-state index contributed by atoms with van der Waals surface area (Å²) in [6, 6.07) is 2.89. The van der Waals surface area contributed by atoms with E-state index >= 15 is 0 Å². The lowest BCUT2D eigenvalue weighted by molar-refractivity contribution is 0.247. The van der Waals surface area contributed by atoms with Crippen molar-refractivity contribution in [3.05, 3.63) is 19.4 Å². The molecule has 0 aromatic carbocycles. The molecule has 1 aromatic heterocycles. The van der Waals surface area contributed by atoms with Crippen LogP contribution in [0.3, 0.4) is 0 Å². The number of fused-ring (bicyclic) bond motifs is 1. The van der Waals surface area contributed by atoms with Crippen molar-refractivity contribution in [1.82, 2.24) is 5.32 Å². The molecule has 2 nitrogen and oxygen atoms in total. The van der Waals surface area contributed by atoms with Crippen LogP contribution in [0.4, 0.5) is 0 Å². The minimum atomic E-state index is 0.312. The summed E-state index contributed by atoms with van der Waals surface area (Å²) in [4.78, 5) is 1.58. The van der Waals surface area contributed by atoms with Gasteiger partial charge in [0, 0.05) is 17.5 Å². The van der Waals surface area contributed by atoms with E-state index in [1.807, 2.05) is 11.3 Å². The SMILES string of the molecule is CCC(CCO)CNC1CCCc2sc(I)cc21. The van der Waals surface area contributed by atoms with Crippen LogP contribution in [0.15, 0.2) is 6.07 Å². The molecule has 0 saturated heterocycles. The van der Waals surface area contributed by atoms with E-state index in [1.54, 1.807) is 4.88 Å². The van der Waals surface area contributed by atoms with Crippen LogP contribution in [0.5, 0.6) is 0 Å². The van der Waals surface area contributed by atoms with Gasteiger partial charge >= 0.3 is 0 Å². The fraction of sp³-hybridized carbons (Fsp3) is 0.714. The molecule has 1 aromatic rings. The van der Waals surface area contributed by atoms with Crippen LogP contribution < -0.4 is 5.32 Å². The second-order valence-corrected chi connectivity index (χ2v) is 8.10. The van der Waals surface area contributed by atoms with Gasteiger partial charge in [-0.05, 0) is 72.4 Å². The van der Waals surface area contributed by atoms with Gasteiger partial charge in [-0.1, -0.05) is 13.3 Å². The molecule has 4 heteroatoms. The Bertz CT molecular complexity index is 380. The third kappa shape index (κ3) is 3.68. The van der Waals surface area contributed by atoms with Gasteiger partial charge in [0.05, 0.1) is 2.88 Å². The first-order valence-electron chi connectivity index (χ1n) is 6.87. The third-order valence-electron chi connectivity index (χ3n) is 3.85. The molecule has 2 atom stereocenters. The second-order valence-electron chi connectivity index (χ2n) is 5.07. The molecule has 18 heavy (non-hydrogen) atoms. The molecule has 2 N–H and O–H groups in total. The predicted molar refractivity (Wildman–Crippen MR) is 86.2 cm³/mol. The van der Waals surface area contributed by atoms with E-state index in [1.165, 1.54) is 27.7 Å². The number of aryl methyl sites for hydroxylation is 1. The summed E-state index contributed by atoms with van der Waals surface area (Å²) in [5.74, 6) is 0.609. The first-order valence-corrected chi connectivity index (χ1v) is 8.76. The Labute approximate surface area is 127 Å². The average Bonchev–Trinajstić information content (AvgIpc) is 2.75. The fourth-order valence-electron chi connectivity index (χ4n) is 2.68. The molecular weight excluding hydrogens is 357 g/mol. The summed E-state index contributed by atoms with van der Waals surface area (Å²) in [6.07, 6.45) is 5.89. The number of hydrogen-bond acceptors (Lipinski definition) is 3. The first kappa shape index (κ1) is 14.8. The van der Waals surface area contributed by atoms with E-state index in [2.05, 4.69) is 40.9 Å². The normalized spacial score (nSPS) is 20.7. The summed E-state index contributed by atoms with van der Waals surface area (Å²) >= 11 is 4.38. The Morgan fingerprint density at radius 3 is 3.17 bits per heavy atom. The highest BCUT2D eigenvalue weighted by Crippen LogP contribution is 2.36. The van der Waals surface area contributed by atoms with Gasteiger partial charge in [0.25, 0.3) is 0 Å². The summed E-state index contributed by atoms with van der Waals surface area (Å²) < 4.78 is 1.41. The molecule has 0 bridgehead atoms. The number of thiophene rings is 1. The van der Waals surface area contributed by atoms with Gasteiger partial charge in [-0.25, -0.2) is 0 Å². The van der Waals surface area contributed by atoms with E-state index in [4.69, 9.17) is 5.11 Å². The molecule has 0 radical (unpaired) electrons. The molecule has 1 aliphatic rings. The highest BCUT2D eigenvalue weighted by atomic mass is 127. The van der Waals surface area contributed by atoms with Crippen molar-refractivity contribution in [2.75, 3.05) is 13.2 Å². The number of aliphatic hydroxyl groups excluding tert-OH is 1. The Hall–Kier alpha value is 0.350. The molecule has 0 spiro atoms. The van der Waals surface area contributed by atoms with Crippen molar-refractivity contribution in [2.24, 2.45) is 5.92 Å². The molecular formula is C14H22INOS. The number of rotatable bonds is 6. The maximum Gasteiger partial charge on any atom is 0.0659 e. The quantitative estimate of drug-likeness (QED) is 0.739. The lowest BCUT2D eigenvalue weighted by Crippen LogP contribution is -2.29. The molecule has 0 aliphatic heterocycles. The van der Waals surface area contributed by atoms with Crippen LogP contribution >= 0.6 is 33.9 Å². The van der Waals surface area contributed by atoms with Crippen LogP contribution in [-0.2, 0) is 6.42 Å². The van der Waals surface area contributed by atoms with Gasteiger partial charge < -0.3 is 10.4 Å². The van der Waals surface area contributed by atoms with Crippen molar-refractivity contribution < 1.29 is 5.11 Å².